The summed E-state index contributed by atoms with van der Waals surface area (Å²) in [5.41, 5.74) is 1.16. The second kappa shape index (κ2) is 4.89. The van der Waals surface area contributed by atoms with Crippen LogP contribution < -0.4 is 0 Å². The quantitative estimate of drug-likeness (QED) is 0.655. The Morgan fingerprint density at radius 3 is 2.57 bits per heavy atom. The summed E-state index contributed by atoms with van der Waals surface area (Å²) < 4.78 is 0. The van der Waals surface area contributed by atoms with Crippen LogP contribution in [0, 0.1) is 0 Å². The maximum Gasteiger partial charge on any atom is 0.0499 e. The second-order valence-electron chi connectivity index (χ2n) is 3.85. The molecular formula is C12H16N2. The number of hydrogen-bond acceptors (Lipinski definition) is 2. The van der Waals surface area contributed by atoms with Gasteiger partial charge in [0.15, 0.2) is 0 Å². The highest BCUT2D eigenvalue weighted by atomic mass is 14.8. The van der Waals surface area contributed by atoms with Gasteiger partial charge >= 0.3 is 0 Å². The van der Waals surface area contributed by atoms with Crippen molar-refractivity contribution in [2.45, 2.75) is 38.1 Å². The summed E-state index contributed by atoms with van der Waals surface area (Å²) in [7, 11) is 0. The van der Waals surface area contributed by atoms with E-state index in [1.165, 1.54) is 32.1 Å². The lowest BCUT2D eigenvalue weighted by Gasteiger charge is -2.16. The lowest BCUT2D eigenvalue weighted by Crippen LogP contribution is -2.09. The van der Waals surface area contributed by atoms with Gasteiger partial charge in [0, 0.05) is 24.7 Å². The maximum absolute atomic E-state index is 4.60. The molecule has 0 radical (unpaired) electrons. The minimum atomic E-state index is 0.567. The van der Waals surface area contributed by atoms with Crippen LogP contribution in [0.15, 0.2) is 29.5 Å². The molecule has 0 saturated heterocycles. The van der Waals surface area contributed by atoms with Gasteiger partial charge in [0.25, 0.3) is 0 Å². The Labute approximate surface area is 85.1 Å². The second-order valence-corrected chi connectivity index (χ2v) is 3.85. The van der Waals surface area contributed by atoms with Crippen LogP contribution in [0.1, 0.15) is 37.7 Å². The molecule has 0 unspecified atom stereocenters. The largest absolute Gasteiger partial charge is 0.289 e. The Kier molecular flexibility index (Phi) is 3.28. The van der Waals surface area contributed by atoms with Crippen LogP contribution in [0.2, 0.25) is 0 Å². The minimum Gasteiger partial charge on any atom is -0.289 e. The zero-order chi connectivity index (χ0) is 9.64. The Bertz CT molecular complexity index is 286. The van der Waals surface area contributed by atoms with Crippen molar-refractivity contribution in [3.8, 4) is 0 Å². The van der Waals surface area contributed by atoms with E-state index in [1.54, 1.807) is 0 Å². The summed E-state index contributed by atoms with van der Waals surface area (Å²) in [6.07, 6.45) is 12.2. The summed E-state index contributed by atoms with van der Waals surface area (Å²) >= 11 is 0. The van der Waals surface area contributed by atoms with Crippen molar-refractivity contribution in [1.82, 2.24) is 4.98 Å². The third kappa shape index (κ3) is 2.66. The Balaban J connectivity index is 1.93. The highest BCUT2D eigenvalue weighted by molar-refractivity contribution is 5.79. The van der Waals surface area contributed by atoms with Gasteiger partial charge in [0.05, 0.1) is 0 Å². The van der Waals surface area contributed by atoms with Crippen molar-refractivity contribution in [3.05, 3.63) is 30.1 Å². The number of rotatable bonds is 2. The van der Waals surface area contributed by atoms with E-state index < -0.39 is 0 Å². The Hall–Kier alpha value is -1.18. The molecule has 1 heterocycles. The van der Waals surface area contributed by atoms with E-state index in [-0.39, 0.29) is 0 Å². The number of aliphatic imine (C=N–C) groups is 1. The van der Waals surface area contributed by atoms with E-state index in [1.807, 2.05) is 30.7 Å². The summed E-state index contributed by atoms with van der Waals surface area (Å²) in [5, 5.41) is 0. The molecule has 2 rings (SSSR count). The normalized spacial score (nSPS) is 18.9. The lowest BCUT2D eigenvalue weighted by atomic mass is 9.96. The maximum atomic E-state index is 4.60. The average molecular weight is 188 g/mol. The van der Waals surface area contributed by atoms with Crippen LogP contribution in [0.3, 0.4) is 0 Å². The molecule has 2 heteroatoms. The fourth-order valence-corrected chi connectivity index (χ4v) is 1.87. The van der Waals surface area contributed by atoms with Crippen molar-refractivity contribution in [2.24, 2.45) is 4.99 Å². The van der Waals surface area contributed by atoms with Gasteiger partial charge < -0.3 is 0 Å². The third-order valence-electron chi connectivity index (χ3n) is 2.72. The molecule has 74 valence electrons. The predicted octanol–water partition coefficient (Wildman–Crippen LogP) is 2.83. The van der Waals surface area contributed by atoms with Gasteiger partial charge in [0.2, 0.25) is 0 Å². The van der Waals surface area contributed by atoms with Crippen LogP contribution in [0.4, 0.5) is 0 Å². The molecule has 0 spiro atoms. The molecule has 1 aromatic rings. The van der Waals surface area contributed by atoms with E-state index in [2.05, 4.69) is 9.98 Å². The molecule has 1 aliphatic carbocycles. The van der Waals surface area contributed by atoms with Crippen LogP contribution >= 0.6 is 0 Å². The van der Waals surface area contributed by atoms with Gasteiger partial charge in [0.1, 0.15) is 0 Å². The summed E-state index contributed by atoms with van der Waals surface area (Å²) in [4.78, 5) is 8.58. The molecule has 1 aliphatic rings. The summed E-state index contributed by atoms with van der Waals surface area (Å²) in [6, 6.07) is 4.55. The monoisotopic (exact) mass is 188 g/mol. The molecule has 2 nitrogen and oxygen atoms in total. The van der Waals surface area contributed by atoms with Crippen molar-refractivity contribution >= 4 is 6.21 Å². The molecule has 1 aromatic heterocycles. The molecule has 0 aliphatic heterocycles. The highest BCUT2D eigenvalue weighted by Crippen LogP contribution is 2.19. The summed E-state index contributed by atoms with van der Waals surface area (Å²) in [5.74, 6) is 0. The zero-order valence-corrected chi connectivity index (χ0v) is 8.39. The third-order valence-corrected chi connectivity index (χ3v) is 2.72. The average Bonchev–Trinajstić information content (AvgIpc) is 2.29. The first-order valence-corrected chi connectivity index (χ1v) is 5.38. The van der Waals surface area contributed by atoms with Crippen molar-refractivity contribution < 1.29 is 0 Å². The fraction of sp³-hybridized carbons (Fsp3) is 0.500. The SMILES string of the molecule is C(=NC1CCCCC1)c1ccncc1. The van der Waals surface area contributed by atoms with Crippen molar-refractivity contribution in [1.29, 1.82) is 0 Å². The standard InChI is InChI=1S/C12H16N2/c1-2-4-12(5-3-1)14-10-11-6-8-13-9-7-11/h6-10,12H,1-5H2. The Morgan fingerprint density at radius 2 is 1.86 bits per heavy atom. The summed E-state index contributed by atoms with van der Waals surface area (Å²) in [6.45, 7) is 0. The predicted molar refractivity (Wildman–Crippen MR) is 58.7 cm³/mol. The number of nitrogens with zero attached hydrogens (tertiary/aromatic N) is 2. The first-order chi connectivity index (χ1) is 6.95. The Morgan fingerprint density at radius 1 is 1.14 bits per heavy atom. The lowest BCUT2D eigenvalue weighted by molar-refractivity contribution is 0.444. The molecule has 0 atom stereocenters. The smallest absolute Gasteiger partial charge is 0.0499 e. The minimum absolute atomic E-state index is 0.567. The first kappa shape index (κ1) is 9.38. The van der Waals surface area contributed by atoms with Crippen LogP contribution in [-0.2, 0) is 0 Å². The van der Waals surface area contributed by atoms with Gasteiger partial charge in [-0.15, -0.1) is 0 Å². The molecule has 0 aromatic carbocycles. The molecule has 0 amide bonds. The first-order valence-electron chi connectivity index (χ1n) is 5.38. The number of hydrogen-bond donors (Lipinski definition) is 0. The van der Waals surface area contributed by atoms with Gasteiger partial charge in [-0.05, 0) is 30.5 Å². The van der Waals surface area contributed by atoms with E-state index >= 15 is 0 Å². The van der Waals surface area contributed by atoms with Gasteiger partial charge in [-0.25, -0.2) is 0 Å². The molecule has 1 saturated carbocycles. The van der Waals surface area contributed by atoms with Crippen LogP contribution in [0.5, 0.6) is 0 Å². The van der Waals surface area contributed by atoms with Crippen molar-refractivity contribution in [3.63, 3.8) is 0 Å². The molecule has 0 N–H and O–H groups in total. The van der Waals surface area contributed by atoms with E-state index in [4.69, 9.17) is 0 Å². The van der Waals surface area contributed by atoms with Crippen molar-refractivity contribution in [2.75, 3.05) is 0 Å². The van der Waals surface area contributed by atoms with Gasteiger partial charge in [-0.3, -0.25) is 9.98 Å². The van der Waals surface area contributed by atoms with E-state index in [9.17, 15) is 0 Å². The van der Waals surface area contributed by atoms with Crippen LogP contribution in [0.25, 0.3) is 0 Å². The zero-order valence-electron chi connectivity index (χ0n) is 8.39. The van der Waals surface area contributed by atoms with E-state index in [0.717, 1.165) is 5.56 Å². The highest BCUT2D eigenvalue weighted by Gasteiger charge is 2.10. The topological polar surface area (TPSA) is 25.2 Å². The molecule has 14 heavy (non-hydrogen) atoms. The van der Waals surface area contributed by atoms with Crippen LogP contribution in [-0.4, -0.2) is 17.2 Å². The number of aromatic nitrogens is 1. The van der Waals surface area contributed by atoms with Gasteiger partial charge in [-0.1, -0.05) is 19.3 Å². The molecule has 0 bridgehead atoms. The van der Waals surface area contributed by atoms with E-state index in [0.29, 0.717) is 6.04 Å². The van der Waals surface area contributed by atoms with Gasteiger partial charge in [-0.2, -0.15) is 0 Å². The number of pyridine rings is 1. The molecular weight excluding hydrogens is 172 g/mol. The fourth-order valence-electron chi connectivity index (χ4n) is 1.87. The molecule has 1 fully saturated rings.